The van der Waals surface area contributed by atoms with Crippen molar-refractivity contribution >= 4 is 33.4 Å². The Morgan fingerprint density at radius 2 is 2.31 bits per heavy atom. The molecule has 1 aromatic heterocycles. The minimum atomic E-state index is -0.00149. The SMILES string of the molecule is CC(=O)NCC=Cc1cccc2sccc12. The minimum absolute atomic E-state index is 0.00149. The first-order chi connectivity index (χ1) is 7.77. The normalized spacial score (nSPS) is 11.1. The molecule has 2 rings (SSSR count). The number of thiophene rings is 1. The van der Waals surface area contributed by atoms with Gasteiger partial charge in [-0.25, -0.2) is 0 Å². The lowest BCUT2D eigenvalue weighted by Crippen LogP contribution is -2.19. The minimum Gasteiger partial charge on any atom is -0.353 e. The average molecular weight is 231 g/mol. The highest BCUT2D eigenvalue weighted by Crippen LogP contribution is 2.24. The van der Waals surface area contributed by atoms with Crippen LogP contribution in [0.1, 0.15) is 12.5 Å². The quantitative estimate of drug-likeness (QED) is 0.864. The third-order valence-electron chi connectivity index (χ3n) is 2.30. The second kappa shape index (κ2) is 4.94. The van der Waals surface area contributed by atoms with Crippen molar-refractivity contribution < 1.29 is 4.79 Å². The van der Waals surface area contributed by atoms with Gasteiger partial charge in [0.25, 0.3) is 0 Å². The largest absolute Gasteiger partial charge is 0.353 e. The Morgan fingerprint density at radius 3 is 3.12 bits per heavy atom. The lowest BCUT2D eigenvalue weighted by Gasteiger charge is -1.97. The summed E-state index contributed by atoms with van der Waals surface area (Å²) in [4.78, 5) is 10.7. The van der Waals surface area contributed by atoms with Gasteiger partial charge in [-0.15, -0.1) is 11.3 Å². The summed E-state index contributed by atoms with van der Waals surface area (Å²) in [6.07, 6.45) is 4.01. The third kappa shape index (κ3) is 2.49. The van der Waals surface area contributed by atoms with Crippen molar-refractivity contribution in [2.24, 2.45) is 0 Å². The second-order valence-electron chi connectivity index (χ2n) is 3.52. The number of nitrogens with one attached hydrogen (secondary N) is 1. The van der Waals surface area contributed by atoms with Crippen LogP contribution in [0.5, 0.6) is 0 Å². The highest BCUT2D eigenvalue weighted by molar-refractivity contribution is 7.17. The van der Waals surface area contributed by atoms with Crippen LogP contribution >= 0.6 is 11.3 Å². The molecule has 82 valence electrons. The molecule has 0 atom stereocenters. The summed E-state index contributed by atoms with van der Waals surface area (Å²) in [5.74, 6) is -0.00149. The van der Waals surface area contributed by atoms with Crippen molar-refractivity contribution in [3.63, 3.8) is 0 Å². The van der Waals surface area contributed by atoms with Gasteiger partial charge in [0.15, 0.2) is 0 Å². The number of hydrogen-bond acceptors (Lipinski definition) is 2. The van der Waals surface area contributed by atoms with E-state index in [1.807, 2.05) is 12.2 Å². The van der Waals surface area contributed by atoms with E-state index in [-0.39, 0.29) is 5.91 Å². The molecule has 0 saturated carbocycles. The van der Waals surface area contributed by atoms with Gasteiger partial charge in [-0.3, -0.25) is 4.79 Å². The first kappa shape index (κ1) is 10.9. The summed E-state index contributed by atoms with van der Waals surface area (Å²) in [6.45, 7) is 2.10. The van der Waals surface area contributed by atoms with Crippen molar-refractivity contribution in [2.75, 3.05) is 6.54 Å². The first-order valence-electron chi connectivity index (χ1n) is 5.14. The van der Waals surface area contributed by atoms with Gasteiger partial charge in [0.05, 0.1) is 0 Å². The molecule has 1 N–H and O–H groups in total. The van der Waals surface area contributed by atoms with Gasteiger partial charge >= 0.3 is 0 Å². The van der Waals surface area contributed by atoms with E-state index < -0.39 is 0 Å². The molecule has 1 aromatic carbocycles. The van der Waals surface area contributed by atoms with E-state index in [1.54, 1.807) is 11.3 Å². The van der Waals surface area contributed by atoms with Gasteiger partial charge in [0.1, 0.15) is 0 Å². The zero-order valence-electron chi connectivity index (χ0n) is 9.07. The van der Waals surface area contributed by atoms with Gasteiger partial charge in [-0.2, -0.15) is 0 Å². The van der Waals surface area contributed by atoms with E-state index in [1.165, 1.54) is 22.6 Å². The van der Waals surface area contributed by atoms with Gasteiger partial charge in [-0.05, 0) is 28.5 Å². The van der Waals surface area contributed by atoms with Gasteiger partial charge in [0.2, 0.25) is 5.91 Å². The Bertz CT molecular complexity index is 527. The summed E-state index contributed by atoms with van der Waals surface area (Å²) in [6, 6.07) is 8.37. The molecule has 16 heavy (non-hydrogen) atoms. The average Bonchev–Trinajstić information content (AvgIpc) is 2.72. The summed E-state index contributed by atoms with van der Waals surface area (Å²) in [5.41, 5.74) is 1.20. The van der Waals surface area contributed by atoms with Crippen molar-refractivity contribution in [1.82, 2.24) is 5.32 Å². The Balaban J connectivity index is 2.14. The highest BCUT2D eigenvalue weighted by Gasteiger charge is 1.97. The van der Waals surface area contributed by atoms with E-state index in [2.05, 4.69) is 35.0 Å². The Morgan fingerprint density at radius 1 is 1.44 bits per heavy atom. The van der Waals surface area contributed by atoms with Crippen LogP contribution in [-0.4, -0.2) is 12.5 Å². The number of amides is 1. The van der Waals surface area contributed by atoms with Crippen LogP contribution in [0, 0.1) is 0 Å². The fraction of sp³-hybridized carbons (Fsp3) is 0.154. The second-order valence-corrected chi connectivity index (χ2v) is 4.47. The molecule has 0 aliphatic heterocycles. The van der Waals surface area contributed by atoms with Crippen LogP contribution in [0.25, 0.3) is 16.2 Å². The molecule has 0 spiro atoms. The van der Waals surface area contributed by atoms with E-state index in [9.17, 15) is 4.79 Å². The predicted octanol–water partition coefficient (Wildman–Crippen LogP) is 3.05. The van der Waals surface area contributed by atoms with Crippen LogP contribution in [0.4, 0.5) is 0 Å². The molecule has 0 aliphatic carbocycles. The maximum absolute atomic E-state index is 10.7. The Labute approximate surface area is 98.6 Å². The van der Waals surface area contributed by atoms with Crippen LogP contribution in [-0.2, 0) is 4.79 Å². The van der Waals surface area contributed by atoms with Crippen LogP contribution in [0.15, 0.2) is 35.7 Å². The topological polar surface area (TPSA) is 29.1 Å². The number of carbonyl (C=O) groups excluding carboxylic acids is 1. The summed E-state index contributed by atoms with van der Waals surface area (Å²) in [5, 5.41) is 6.10. The van der Waals surface area contributed by atoms with Crippen LogP contribution in [0.3, 0.4) is 0 Å². The Hall–Kier alpha value is -1.61. The smallest absolute Gasteiger partial charge is 0.217 e. The van der Waals surface area contributed by atoms with Crippen LogP contribution < -0.4 is 5.32 Å². The van der Waals surface area contributed by atoms with E-state index >= 15 is 0 Å². The lowest BCUT2D eigenvalue weighted by atomic mass is 10.1. The molecule has 1 heterocycles. The molecule has 1 amide bonds. The third-order valence-corrected chi connectivity index (χ3v) is 3.18. The van der Waals surface area contributed by atoms with Crippen molar-refractivity contribution in [3.05, 3.63) is 41.3 Å². The first-order valence-corrected chi connectivity index (χ1v) is 6.02. The molecule has 3 heteroatoms. The molecular weight excluding hydrogens is 218 g/mol. The number of hydrogen-bond donors (Lipinski definition) is 1. The number of benzene rings is 1. The number of rotatable bonds is 3. The van der Waals surface area contributed by atoms with Gasteiger partial charge < -0.3 is 5.32 Å². The highest BCUT2D eigenvalue weighted by atomic mass is 32.1. The van der Waals surface area contributed by atoms with Crippen molar-refractivity contribution in [2.45, 2.75) is 6.92 Å². The zero-order valence-corrected chi connectivity index (χ0v) is 9.88. The van der Waals surface area contributed by atoms with E-state index in [0.29, 0.717) is 6.54 Å². The van der Waals surface area contributed by atoms with Crippen LogP contribution in [0.2, 0.25) is 0 Å². The maximum Gasteiger partial charge on any atom is 0.217 e. The fourth-order valence-corrected chi connectivity index (χ4v) is 2.37. The number of carbonyl (C=O) groups is 1. The molecule has 0 bridgehead atoms. The zero-order chi connectivity index (χ0) is 11.4. The van der Waals surface area contributed by atoms with Crippen molar-refractivity contribution in [3.8, 4) is 0 Å². The molecule has 0 unspecified atom stereocenters. The lowest BCUT2D eigenvalue weighted by molar-refractivity contribution is -0.118. The molecule has 2 nitrogen and oxygen atoms in total. The fourth-order valence-electron chi connectivity index (χ4n) is 1.55. The summed E-state index contributed by atoms with van der Waals surface area (Å²) >= 11 is 1.74. The molecule has 0 aliphatic rings. The molecule has 0 fully saturated rings. The van der Waals surface area contributed by atoms with E-state index in [4.69, 9.17) is 0 Å². The van der Waals surface area contributed by atoms with Gasteiger partial charge in [0, 0.05) is 18.2 Å². The summed E-state index contributed by atoms with van der Waals surface area (Å²) < 4.78 is 1.29. The van der Waals surface area contributed by atoms with Crippen molar-refractivity contribution in [1.29, 1.82) is 0 Å². The van der Waals surface area contributed by atoms with E-state index in [0.717, 1.165) is 0 Å². The predicted molar refractivity (Wildman–Crippen MR) is 69.5 cm³/mol. The van der Waals surface area contributed by atoms with Gasteiger partial charge in [-0.1, -0.05) is 24.3 Å². The summed E-state index contributed by atoms with van der Waals surface area (Å²) in [7, 11) is 0. The number of fused-ring (bicyclic) bond motifs is 1. The Kier molecular flexibility index (Phi) is 3.37. The standard InChI is InChI=1S/C13H13NOS/c1-10(15)14-8-3-5-11-4-2-6-13-12(11)7-9-16-13/h2-7,9H,8H2,1H3,(H,14,15). The monoisotopic (exact) mass is 231 g/mol. The molecule has 0 saturated heterocycles. The molecule has 2 aromatic rings. The maximum atomic E-state index is 10.7. The molecular formula is C13H13NOS. The molecule has 0 radical (unpaired) electrons.